The van der Waals surface area contributed by atoms with Gasteiger partial charge >= 0.3 is 0 Å². The van der Waals surface area contributed by atoms with Gasteiger partial charge in [-0.3, -0.25) is 0 Å². The van der Waals surface area contributed by atoms with Crippen LogP contribution in [0, 0.1) is 40.4 Å². The number of nitrogens with one attached hydrogen (secondary N) is 1. The molecular weight excluding hydrogens is 790 g/mol. The molecule has 2 aliphatic rings. The van der Waals surface area contributed by atoms with Gasteiger partial charge in [-0.15, -0.1) is 0 Å². The lowest BCUT2D eigenvalue weighted by Crippen LogP contribution is -2.15. The lowest BCUT2D eigenvalue weighted by Gasteiger charge is -2.22. The van der Waals surface area contributed by atoms with Gasteiger partial charge in [-0.05, 0) is 156 Å². The van der Waals surface area contributed by atoms with Crippen molar-refractivity contribution in [1.29, 1.82) is 0 Å². The number of hydrogen-bond acceptors (Lipinski definition) is 1. The van der Waals surface area contributed by atoms with Gasteiger partial charge in [0.15, 0.2) is 0 Å². The molecule has 0 saturated carbocycles. The number of rotatable bonds is 6. The zero-order chi connectivity index (χ0) is 47.3. The Morgan fingerprint density at radius 2 is 1.34 bits per heavy atom. The fourth-order valence-corrected chi connectivity index (χ4v) is 8.57. The molecule has 9 rings (SSSR count). The van der Waals surface area contributed by atoms with E-state index in [0.717, 1.165) is 18.5 Å². The third-order valence-corrected chi connectivity index (χ3v) is 12.4. The number of halogens is 1. The molecular formula is C63H72FN. The van der Waals surface area contributed by atoms with Crippen LogP contribution in [0.1, 0.15) is 122 Å². The molecule has 1 unspecified atom stereocenters. The number of fused-ring (bicyclic) bond motifs is 5. The molecule has 0 amide bonds. The summed E-state index contributed by atoms with van der Waals surface area (Å²) in [5, 5.41) is 6.05. The van der Waals surface area contributed by atoms with Crippen LogP contribution >= 0.6 is 0 Å². The van der Waals surface area contributed by atoms with Crippen molar-refractivity contribution in [2.24, 2.45) is 0 Å². The minimum absolute atomic E-state index is 0.0888. The van der Waals surface area contributed by atoms with Gasteiger partial charge in [0, 0.05) is 18.0 Å². The fraction of sp³-hybridized carbons (Fsp3) is 0.270. The molecule has 65 heavy (non-hydrogen) atoms. The number of benzene rings is 7. The summed E-state index contributed by atoms with van der Waals surface area (Å²) < 4.78 is 12.2. The molecule has 336 valence electrons. The quantitative estimate of drug-likeness (QED) is 0.131. The van der Waals surface area contributed by atoms with Gasteiger partial charge in [0.1, 0.15) is 5.82 Å². The van der Waals surface area contributed by atoms with Gasteiger partial charge in [-0.25, -0.2) is 4.39 Å². The van der Waals surface area contributed by atoms with E-state index in [1.165, 1.54) is 101 Å². The van der Waals surface area contributed by atoms with Crippen molar-refractivity contribution < 1.29 is 4.39 Å². The van der Waals surface area contributed by atoms with Crippen molar-refractivity contribution in [3.05, 3.63) is 243 Å². The Kier molecular flexibility index (Phi) is 17.8. The first kappa shape index (κ1) is 49.9. The Labute approximate surface area is 391 Å². The van der Waals surface area contributed by atoms with E-state index in [9.17, 15) is 4.39 Å². The first-order valence-electron chi connectivity index (χ1n) is 23.4. The molecule has 1 saturated heterocycles. The van der Waals surface area contributed by atoms with E-state index in [2.05, 4.69) is 209 Å². The average Bonchev–Trinajstić information content (AvgIpc) is 4.12. The summed E-state index contributed by atoms with van der Waals surface area (Å²) >= 11 is 0. The Bertz CT molecular complexity index is 2720. The Morgan fingerprint density at radius 3 is 1.88 bits per heavy atom. The first-order chi connectivity index (χ1) is 31.1. The summed E-state index contributed by atoms with van der Waals surface area (Å²) in [6, 6.07) is 51.1. The summed E-state index contributed by atoms with van der Waals surface area (Å²) in [4.78, 5) is 0. The molecule has 1 aliphatic carbocycles. The van der Waals surface area contributed by atoms with E-state index in [4.69, 9.17) is 0 Å². The van der Waals surface area contributed by atoms with Crippen molar-refractivity contribution in [2.75, 3.05) is 6.54 Å². The molecule has 7 aromatic carbocycles. The SMILES string of the molecule is C=C/C(=C(C)\C=C/C)c1ccc(CC)cc1C.CC(C)c1ccccc1.Cc1ccc2c(c1)C(C)(C)c1cc(C)c3ccccc3c1-2.Cc1cccc(C2CN2)c1.Cc1cccc(F)c1. The largest absolute Gasteiger partial charge is 0.307 e. The number of aryl methyl sites for hydroxylation is 6. The van der Waals surface area contributed by atoms with Gasteiger partial charge in [0.25, 0.3) is 0 Å². The molecule has 0 bridgehead atoms. The van der Waals surface area contributed by atoms with Gasteiger partial charge < -0.3 is 5.32 Å². The molecule has 2 heteroatoms. The molecule has 0 radical (unpaired) electrons. The highest BCUT2D eigenvalue weighted by Crippen LogP contribution is 2.52. The number of allylic oxidation sites excluding steroid dienone is 5. The second-order valence-electron chi connectivity index (χ2n) is 18.4. The minimum Gasteiger partial charge on any atom is -0.307 e. The fourth-order valence-electron chi connectivity index (χ4n) is 8.57. The third-order valence-electron chi connectivity index (χ3n) is 12.4. The standard InChI is InChI=1S/C21H20.C17H22.C9H11N.C9H12.C7H7F/c1-13-9-10-17-18(11-13)21(3,4)19-12-14(2)15-7-5-6-8-16(15)20(17)19;1-6-9-13(4)16(8-3)17-11-10-15(7-2)12-14(17)5;1-7-3-2-4-8(5-7)9-6-10-9;1-8(2)9-6-4-3-5-7-9;1-6-3-2-4-7(8)5-6/h5-12H,1-4H3;6,8-12H,3,7H2,1-2,4-5H3;2-5,9-10H,6H2,1H3;3-8H,1-2H3;2-5H,1H3/b;9-6-,16-13+;;;. The molecule has 0 aromatic heterocycles. The van der Waals surface area contributed by atoms with Gasteiger partial charge in [0.05, 0.1) is 0 Å². The topological polar surface area (TPSA) is 21.9 Å². The predicted molar refractivity (Wildman–Crippen MR) is 283 cm³/mol. The van der Waals surface area contributed by atoms with Crippen LogP contribution in [0.15, 0.2) is 176 Å². The maximum absolute atomic E-state index is 12.2. The normalized spacial score (nSPS) is 14.2. The summed E-state index contributed by atoms with van der Waals surface area (Å²) in [7, 11) is 0. The maximum Gasteiger partial charge on any atom is 0.123 e. The van der Waals surface area contributed by atoms with Crippen molar-refractivity contribution in [3.8, 4) is 11.1 Å². The van der Waals surface area contributed by atoms with E-state index in [-0.39, 0.29) is 11.2 Å². The van der Waals surface area contributed by atoms with Crippen LogP contribution in [0.25, 0.3) is 27.5 Å². The van der Waals surface area contributed by atoms with E-state index in [1.54, 1.807) is 6.07 Å². The Hall–Kier alpha value is -6.09. The van der Waals surface area contributed by atoms with E-state index < -0.39 is 0 Å². The van der Waals surface area contributed by atoms with Crippen LogP contribution in [-0.4, -0.2) is 6.54 Å². The van der Waals surface area contributed by atoms with Crippen LogP contribution < -0.4 is 5.32 Å². The Balaban J connectivity index is 0.000000161. The van der Waals surface area contributed by atoms with E-state index >= 15 is 0 Å². The van der Waals surface area contributed by atoms with Crippen LogP contribution in [-0.2, 0) is 11.8 Å². The highest BCUT2D eigenvalue weighted by atomic mass is 19.1. The summed E-state index contributed by atoms with van der Waals surface area (Å²) in [5.74, 6) is 0.496. The average molecular weight is 862 g/mol. The van der Waals surface area contributed by atoms with E-state index in [0.29, 0.717) is 12.0 Å². The zero-order valence-corrected chi connectivity index (χ0v) is 41.2. The third kappa shape index (κ3) is 13.2. The van der Waals surface area contributed by atoms with Gasteiger partial charge in [-0.1, -0.05) is 204 Å². The van der Waals surface area contributed by atoms with Crippen LogP contribution in [0.4, 0.5) is 4.39 Å². The minimum atomic E-state index is -0.162. The van der Waals surface area contributed by atoms with Crippen molar-refractivity contribution in [2.45, 2.75) is 107 Å². The summed E-state index contributed by atoms with van der Waals surface area (Å²) in [6.45, 7) is 31.1. The van der Waals surface area contributed by atoms with Crippen molar-refractivity contribution in [3.63, 3.8) is 0 Å². The highest BCUT2D eigenvalue weighted by molar-refractivity contribution is 6.03. The van der Waals surface area contributed by atoms with Crippen LogP contribution in [0.5, 0.6) is 0 Å². The van der Waals surface area contributed by atoms with Gasteiger partial charge in [0.2, 0.25) is 0 Å². The molecule has 1 fully saturated rings. The molecule has 1 nitrogen and oxygen atoms in total. The van der Waals surface area contributed by atoms with Crippen LogP contribution in [0.2, 0.25) is 0 Å². The second-order valence-corrected chi connectivity index (χ2v) is 18.4. The summed E-state index contributed by atoms with van der Waals surface area (Å²) in [5.41, 5.74) is 20.2. The van der Waals surface area contributed by atoms with E-state index in [1.807, 2.05) is 32.1 Å². The zero-order valence-electron chi connectivity index (χ0n) is 41.2. The maximum atomic E-state index is 12.2. The van der Waals surface area contributed by atoms with Gasteiger partial charge in [-0.2, -0.15) is 0 Å². The van der Waals surface area contributed by atoms with Crippen molar-refractivity contribution >= 4 is 16.3 Å². The Morgan fingerprint density at radius 1 is 0.708 bits per heavy atom. The number of hydrogen-bond donors (Lipinski definition) is 1. The second kappa shape index (κ2) is 23.2. The molecule has 1 N–H and O–H groups in total. The lowest BCUT2D eigenvalue weighted by atomic mass is 9.81. The van der Waals surface area contributed by atoms with Crippen LogP contribution in [0.3, 0.4) is 0 Å². The molecule has 1 atom stereocenters. The lowest BCUT2D eigenvalue weighted by molar-refractivity contribution is 0.626. The molecule has 1 heterocycles. The monoisotopic (exact) mass is 862 g/mol. The molecule has 7 aromatic rings. The smallest absolute Gasteiger partial charge is 0.123 e. The molecule has 0 spiro atoms. The first-order valence-corrected chi connectivity index (χ1v) is 23.4. The molecule has 1 aliphatic heterocycles. The highest BCUT2D eigenvalue weighted by Gasteiger charge is 2.36. The van der Waals surface area contributed by atoms with Crippen molar-refractivity contribution in [1.82, 2.24) is 5.32 Å². The summed E-state index contributed by atoms with van der Waals surface area (Å²) in [6.07, 6.45) is 7.23. The predicted octanol–water partition coefficient (Wildman–Crippen LogP) is 17.4.